The quantitative estimate of drug-likeness (QED) is 0.327. The summed E-state index contributed by atoms with van der Waals surface area (Å²) in [7, 11) is -2.04. The van der Waals surface area contributed by atoms with Crippen LogP contribution in [0.2, 0.25) is 0 Å². The molecule has 4 N–H and O–H groups in total. The highest BCUT2D eigenvalue weighted by molar-refractivity contribution is 7.92. The lowest BCUT2D eigenvalue weighted by molar-refractivity contribution is -0.192. The van der Waals surface area contributed by atoms with Gasteiger partial charge in [-0.25, -0.2) is 18.2 Å². The molecule has 4 atom stereocenters. The van der Waals surface area contributed by atoms with Crippen LogP contribution in [0.3, 0.4) is 0 Å². The molecule has 41 heavy (non-hydrogen) atoms. The van der Waals surface area contributed by atoms with Crippen LogP contribution in [0, 0.1) is 11.8 Å². The van der Waals surface area contributed by atoms with Gasteiger partial charge in [0.15, 0.2) is 0 Å². The molecule has 0 bridgehead atoms. The lowest BCUT2D eigenvalue weighted by Gasteiger charge is -2.20. The third kappa shape index (κ3) is 8.63. The number of nitrogens with two attached hydrogens (primary N) is 1. The van der Waals surface area contributed by atoms with Crippen LogP contribution < -0.4 is 15.4 Å². The van der Waals surface area contributed by atoms with Crippen molar-refractivity contribution in [2.45, 2.75) is 51.4 Å². The minimum absolute atomic E-state index is 0.200. The molecule has 1 fully saturated rings. The van der Waals surface area contributed by atoms with E-state index in [0.29, 0.717) is 35.5 Å². The van der Waals surface area contributed by atoms with Gasteiger partial charge in [0.05, 0.1) is 11.8 Å². The van der Waals surface area contributed by atoms with E-state index in [1.807, 2.05) is 37.3 Å². The highest BCUT2D eigenvalue weighted by Gasteiger charge is 2.38. The van der Waals surface area contributed by atoms with Crippen LogP contribution >= 0.6 is 0 Å². The highest BCUT2D eigenvalue weighted by Crippen LogP contribution is 2.41. The summed E-state index contributed by atoms with van der Waals surface area (Å²) in [5.74, 6) is -0.168. The SMILES string of the molecule is C[C@H](Nc1cc(-c2nnc([C@](C)(N)Cc3ccccc3)o2)cc(N(C)S(C)(=O)=O)n1)[C@H]1C[C@@H]1C.O=C(O)C(F)(F)F. The molecule has 2 heterocycles. The zero-order valence-electron chi connectivity index (χ0n) is 23.2. The number of rotatable bonds is 9. The van der Waals surface area contributed by atoms with Gasteiger partial charge in [-0.15, -0.1) is 10.2 Å². The van der Waals surface area contributed by atoms with E-state index >= 15 is 0 Å². The van der Waals surface area contributed by atoms with Gasteiger partial charge in [0, 0.05) is 18.7 Å². The van der Waals surface area contributed by atoms with Crippen LogP contribution in [0.4, 0.5) is 24.8 Å². The molecule has 11 nitrogen and oxygen atoms in total. The number of hydrogen-bond donors (Lipinski definition) is 3. The van der Waals surface area contributed by atoms with Crippen molar-refractivity contribution >= 4 is 27.6 Å². The summed E-state index contributed by atoms with van der Waals surface area (Å²) in [6.07, 6.45) is -2.26. The molecule has 4 rings (SSSR count). The number of sulfonamides is 1. The Labute approximate surface area is 236 Å². The first-order valence-electron chi connectivity index (χ1n) is 12.6. The molecule has 2 aromatic heterocycles. The number of halogens is 3. The molecule has 1 saturated carbocycles. The fraction of sp³-hybridized carbons (Fsp3) is 0.462. The molecule has 15 heteroatoms. The lowest BCUT2D eigenvalue weighted by atomic mass is 9.94. The summed E-state index contributed by atoms with van der Waals surface area (Å²) in [5, 5.41) is 19.0. The maximum Gasteiger partial charge on any atom is 0.490 e. The number of carbonyl (C=O) groups is 1. The van der Waals surface area contributed by atoms with Crippen LogP contribution in [-0.2, 0) is 26.8 Å². The van der Waals surface area contributed by atoms with E-state index in [2.05, 4.69) is 34.3 Å². The third-order valence-electron chi connectivity index (χ3n) is 6.64. The average molecular weight is 599 g/mol. The van der Waals surface area contributed by atoms with Gasteiger partial charge in [0.1, 0.15) is 11.6 Å². The zero-order valence-corrected chi connectivity index (χ0v) is 24.0. The van der Waals surface area contributed by atoms with Crippen molar-refractivity contribution in [3.8, 4) is 11.5 Å². The van der Waals surface area contributed by atoms with Gasteiger partial charge >= 0.3 is 12.1 Å². The number of hydrogen-bond acceptors (Lipinski definition) is 9. The number of nitrogens with one attached hydrogen (secondary N) is 1. The van der Waals surface area contributed by atoms with Gasteiger partial charge in [0.2, 0.25) is 21.8 Å². The molecule has 0 spiro atoms. The van der Waals surface area contributed by atoms with Crippen LogP contribution in [0.25, 0.3) is 11.5 Å². The van der Waals surface area contributed by atoms with Gasteiger partial charge in [-0.05, 0) is 56.2 Å². The zero-order chi connectivity index (χ0) is 30.8. The van der Waals surface area contributed by atoms with Crippen LogP contribution in [0.5, 0.6) is 0 Å². The topological polar surface area (TPSA) is 165 Å². The Bertz CT molecular complexity index is 1460. The Morgan fingerprint density at radius 3 is 2.34 bits per heavy atom. The van der Waals surface area contributed by atoms with Gasteiger partial charge in [-0.1, -0.05) is 37.3 Å². The summed E-state index contributed by atoms with van der Waals surface area (Å²) < 4.78 is 63.2. The molecule has 0 unspecified atom stereocenters. The van der Waals surface area contributed by atoms with Crippen molar-refractivity contribution in [3.05, 3.63) is 53.9 Å². The molecule has 224 valence electrons. The van der Waals surface area contributed by atoms with Crippen molar-refractivity contribution in [1.82, 2.24) is 15.2 Å². The van der Waals surface area contributed by atoms with Crippen molar-refractivity contribution in [1.29, 1.82) is 0 Å². The Kier molecular flexibility index (Phi) is 9.33. The van der Waals surface area contributed by atoms with E-state index in [9.17, 15) is 21.6 Å². The van der Waals surface area contributed by atoms with E-state index in [4.69, 9.17) is 20.1 Å². The second-order valence-electron chi connectivity index (χ2n) is 10.4. The summed E-state index contributed by atoms with van der Waals surface area (Å²) in [6, 6.07) is 13.5. The molecule has 3 aromatic rings. The normalized spacial score (nSPS) is 18.9. The number of carboxylic acid groups (broad SMARTS) is 1. The lowest BCUT2D eigenvalue weighted by Crippen LogP contribution is -2.35. The number of alkyl halides is 3. The number of carboxylic acids is 1. The van der Waals surface area contributed by atoms with E-state index in [-0.39, 0.29) is 17.8 Å². The first-order chi connectivity index (χ1) is 18.9. The summed E-state index contributed by atoms with van der Waals surface area (Å²) in [4.78, 5) is 13.4. The Balaban J connectivity index is 0.000000587. The molecule has 1 aliphatic carbocycles. The van der Waals surface area contributed by atoms with Gasteiger partial charge < -0.3 is 20.6 Å². The monoisotopic (exact) mass is 598 g/mol. The predicted molar refractivity (Wildman–Crippen MR) is 147 cm³/mol. The molecule has 1 aliphatic rings. The summed E-state index contributed by atoms with van der Waals surface area (Å²) in [6.45, 7) is 6.17. The summed E-state index contributed by atoms with van der Waals surface area (Å²) >= 11 is 0. The largest absolute Gasteiger partial charge is 0.490 e. The predicted octanol–water partition coefficient (Wildman–Crippen LogP) is 4.03. The minimum Gasteiger partial charge on any atom is -0.475 e. The number of nitrogens with zero attached hydrogens (tertiary/aromatic N) is 4. The fourth-order valence-electron chi connectivity index (χ4n) is 4.10. The average Bonchev–Trinajstić information content (AvgIpc) is 3.38. The molecule has 0 aliphatic heterocycles. The number of anilines is 2. The molecular weight excluding hydrogens is 565 g/mol. The number of aromatic nitrogens is 3. The molecule has 0 saturated heterocycles. The summed E-state index contributed by atoms with van der Waals surface area (Å²) in [5.41, 5.74) is 7.29. The first kappa shape index (κ1) is 31.8. The fourth-order valence-corrected chi connectivity index (χ4v) is 4.53. The Hall–Kier alpha value is -3.72. The standard InChI is InChI=1S/C24H32N6O3S.C2HF3O2/c1-15-11-19(15)16(2)26-20-12-18(13-21(27-20)30(4)34(5,31)32)22-28-29-23(33-22)24(3,25)14-17-9-7-6-8-10-17;3-2(4,5)1(6)7/h6-10,12-13,15-16,19H,11,14,25H2,1-5H3,(H,26,27);(H,6,7)/t15-,16-,19-,24+;/m0./s1. The van der Waals surface area contributed by atoms with Gasteiger partial charge in [0.25, 0.3) is 0 Å². The van der Waals surface area contributed by atoms with Crippen molar-refractivity contribution in [3.63, 3.8) is 0 Å². The van der Waals surface area contributed by atoms with Crippen LogP contribution in [0.15, 0.2) is 46.9 Å². The molecule has 0 radical (unpaired) electrons. The number of aliphatic carboxylic acids is 1. The number of benzene rings is 1. The highest BCUT2D eigenvalue weighted by atomic mass is 32.2. The van der Waals surface area contributed by atoms with Crippen molar-refractivity contribution in [2.75, 3.05) is 22.9 Å². The van der Waals surface area contributed by atoms with Crippen LogP contribution in [-0.4, -0.2) is 60.2 Å². The molecular formula is C26H33F3N6O5S. The van der Waals surface area contributed by atoms with E-state index in [1.54, 1.807) is 12.1 Å². The second kappa shape index (κ2) is 12.0. The molecule has 1 aromatic carbocycles. The van der Waals surface area contributed by atoms with Crippen molar-refractivity contribution in [2.24, 2.45) is 17.6 Å². The second-order valence-corrected chi connectivity index (χ2v) is 12.4. The third-order valence-corrected chi connectivity index (χ3v) is 7.82. The minimum atomic E-state index is -5.08. The first-order valence-corrected chi connectivity index (χ1v) is 14.4. The van der Waals surface area contributed by atoms with Crippen molar-refractivity contribution < 1.29 is 35.9 Å². The van der Waals surface area contributed by atoms with E-state index in [1.165, 1.54) is 7.05 Å². The van der Waals surface area contributed by atoms with E-state index in [0.717, 1.165) is 22.5 Å². The van der Waals surface area contributed by atoms with E-state index < -0.39 is 27.7 Å². The Morgan fingerprint density at radius 1 is 1.24 bits per heavy atom. The van der Waals surface area contributed by atoms with Gasteiger partial charge in [-0.2, -0.15) is 13.2 Å². The van der Waals surface area contributed by atoms with Crippen LogP contribution in [0.1, 0.15) is 38.6 Å². The maximum absolute atomic E-state index is 12.2. The maximum atomic E-state index is 12.2. The Morgan fingerprint density at radius 2 is 1.83 bits per heavy atom. The number of pyridine rings is 1. The molecule has 0 amide bonds. The van der Waals surface area contributed by atoms with Gasteiger partial charge in [-0.3, -0.25) is 4.31 Å². The smallest absolute Gasteiger partial charge is 0.475 e.